The molecule has 1 aliphatic heterocycles. The van der Waals surface area contributed by atoms with Gasteiger partial charge in [0.1, 0.15) is 0 Å². The monoisotopic (exact) mass is 196 g/mol. The number of hydrogen-bond acceptors (Lipinski definition) is 6. The van der Waals surface area contributed by atoms with Gasteiger partial charge in [-0.3, -0.25) is 9.82 Å². The Hall–Kier alpha value is -1.27. The van der Waals surface area contributed by atoms with E-state index in [-0.39, 0.29) is 0 Å². The fourth-order valence-corrected chi connectivity index (χ4v) is 1.54. The smallest absolute Gasteiger partial charge is 0.232 e. The summed E-state index contributed by atoms with van der Waals surface area (Å²) in [4.78, 5) is 9.72. The maximum Gasteiger partial charge on any atom is 0.232 e. The molecule has 0 aromatic carbocycles. The van der Waals surface area contributed by atoms with Gasteiger partial charge in [-0.2, -0.15) is 4.40 Å². The van der Waals surface area contributed by atoms with Crippen molar-refractivity contribution in [3.05, 3.63) is 18.5 Å². The van der Waals surface area contributed by atoms with Gasteiger partial charge in [-0.05, 0) is 6.07 Å². The Labute approximate surface area is 79.7 Å². The highest BCUT2D eigenvalue weighted by Gasteiger charge is 2.11. The lowest BCUT2D eigenvalue weighted by atomic mass is 10.4. The average molecular weight is 196 g/mol. The average Bonchev–Trinajstić information content (AvgIpc) is 2.18. The lowest BCUT2D eigenvalue weighted by molar-refractivity contribution is 0.144. The van der Waals surface area contributed by atoms with Crippen molar-refractivity contribution in [3.63, 3.8) is 0 Å². The van der Waals surface area contributed by atoms with E-state index in [4.69, 9.17) is 4.84 Å². The SMILES string of the molecule is CONC1=NSc2cnccc2N1. The summed E-state index contributed by atoms with van der Waals surface area (Å²) in [5, 5.41) is 3.05. The first-order valence-corrected chi connectivity index (χ1v) is 4.42. The van der Waals surface area contributed by atoms with Crippen LogP contribution in [0.4, 0.5) is 5.69 Å². The number of hydroxylamine groups is 1. The van der Waals surface area contributed by atoms with Crippen LogP contribution in [0.5, 0.6) is 0 Å². The molecule has 13 heavy (non-hydrogen) atoms. The van der Waals surface area contributed by atoms with E-state index in [2.05, 4.69) is 20.2 Å². The van der Waals surface area contributed by atoms with E-state index in [1.165, 1.54) is 19.1 Å². The molecular formula is C7H8N4OS. The second kappa shape index (κ2) is 3.63. The molecular weight excluding hydrogens is 188 g/mol. The van der Waals surface area contributed by atoms with Crippen LogP contribution < -0.4 is 10.8 Å². The Kier molecular flexibility index (Phi) is 2.33. The summed E-state index contributed by atoms with van der Waals surface area (Å²) in [7, 11) is 1.54. The molecule has 0 radical (unpaired) electrons. The van der Waals surface area contributed by atoms with Crippen molar-refractivity contribution < 1.29 is 4.84 Å². The highest BCUT2D eigenvalue weighted by atomic mass is 32.2. The van der Waals surface area contributed by atoms with Gasteiger partial charge in [0.25, 0.3) is 0 Å². The van der Waals surface area contributed by atoms with Crippen molar-refractivity contribution in [3.8, 4) is 0 Å². The molecule has 0 saturated carbocycles. The van der Waals surface area contributed by atoms with Crippen LogP contribution in [0.15, 0.2) is 27.8 Å². The van der Waals surface area contributed by atoms with Crippen LogP contribution in [0.1, 0.15) is 0 Å². The zero-order valence-electron chi connectivity index (χ0n) is 6.94. The quantitative estimate of drug-likeness (QED) is 0.519. The van der Waals surface area contributed by atoms with Gasteiger partial charge in [0.15, 0.2) is 0 Å². The topological polar surface area (TPSA) is 58.5 Å². The van der Waals surface area contributed by atoms with Gasteiger partial charge in [-0.15, -0.1) is 0 Å². The highest BCUT2D eigenvalue weighted by Crippen LogP contribution is 2.29. The van der Waals surface area contributed by atoms with E-state index >= 15 is 0 Å². The number of aromatic nitrogens is 1. The normalized spacial score (nSPS) is 14.1. The molecule has 0 saturated heterocycles. The Morgan fingerprint density at radius 1 is 1.62 bits per heavy atom. The lowest BCUT2D eigenvalue weighted by Crippen LogP contribution is -2.30. The number of pyridine rings is 1. The van der Waals surface area contributed by atoms with Gasteiger partial charge < -0.3 is 5.32 Å². The number of nitrogens with one attached hydrogen (secondary N) is 2. The van der Waals surface area contributed by atoms with Crippen LogP contribution >= 0.6 is 11.9 Å². The van der Waals surface area contributed by atoms with Crippen LogP contribution in [-0.4, -0.2) is 18.1 Å². The van der Waals surface area contributed by atoms with Gasteiger partial charge >= 0.3 is 0 Å². The number of hydrogen-bond donors (Lipinski definition) is 2. The molecule has 1 aromatic rings. The number of anilines is 1. The molecule has 0 bridgehead atoms. The summed E-state index contributed by atoms with van der Waals surface area (Å²) in [5.74, 6) is 0.589. The fraction of sp³-hybridized carbons (Fsp3) is 0.143. The maximum absolute atomic E-state index is 4.72. The minimum absolute atomic E-state index is 0.589. The van der Waals surface area contributed by atoms with Crippen molar-refractivity contribution in [2.45, 2.75) is 4.90 Å². The molecule has 0 atom stereocenters. The molecule has 2 N–H and O–H groups in total. The van der Waals surface area contributed by atoms with Crippen molar-refractivity contribution in [2.75, 3.05) is 12.4 Å². The van der Waals surface area contributed by atoms with Crippen LogP contribution in [0.3, 0.4) is 0 Å². The molecule has 5 nitrogen and oxygen atoms in total. The Morgan fingerprint density at radius 2 is 2.54 bits per heavy atom. The van der Waals surface area contributed by atoms with Crippen molar-refractivity contribution in [2.24, 2.45) is 4.40 Å². The van der Waals surface area contributed by atoms with Gasteiger partial charge in [0, 0.05) is 24.3 Å². The molecule has 6 heteroatoms. The third-order valence-corrected chi connectivity index (χ3v) is 2.27. The summed E-state index contributed by atoms with van der Waals surface area (Å²) < 4.78 is 4.11. The number of rotatable bonds is 1. The number of fused-ring (bicyclic) bond motifs is 1. The zero-order valence-corrected chi connectivity index (χ0v) is 7.76. The second-order valence-electron chi connectivity index (χ2n) is 2.33. The minimum Gasteiger partial charge on any atom is -0.323 e. The van der Waals surface area contributed by atoms with E-state index < -0.39 is 0 Å². The largest absolute Gasteiger partial charge is 0.323 e. The molecule has 0 amide bonds. The predicted molar refractivity (Wildman–Crippen MR) is 51.3 cm³/mol. The molecule has 2 rings (SSSR count). The van der Waals surface area contributed by atoms with Gasteiger partial charge in [-0.25, -0.2) is 5.48 Å². The second-order valence-corrected chi connectivity index (χ2v) is 3.14. The summed E-state index contributed by atoms with van der Waals surface area (Å²) in [6.45, 7) is 0. The molecule has 0 unspecified atom stereocenters. The third-order valence-electron chi connectivity index (χ3n) is 1.47. The van der Waals surface area contributed by atoms with E-state index in [1.54, 1.807) is 12.4 Å². The van der Waals surface area contributed by atoms with Gasteiger partial charge in [-0.1, -0.05) is 0 Å². The first kappa shape index (κ1) is 8.33. The number of nitrogens with zero attached hydrogens (tertiary/aromatic N) is 2. The summed E-state index contributed by atoms with van der Waals surface area (Å²) >= 11 is 1.36. The third kappa shape index (κ3) is 1.73. The standard InChI is InChI=1S/C7H8N4OS/c1-12-10-7-9-5-2-3-8-4-6(5)13-11-7/h2-4H,1H3,(H2,9,10,11). The zero-order chi connectivity index (χ0) is 9.10. The van der Waals surface area contributed by atoms with Gasteiger partial charge in [0.2, 0.25) is 5.96 Å². The molecule has 1 aromatic heterocycles. The Balaban J connectivity index is 2.18. The fourth-order valence-electron chi connectivity index (χ4n) is 0.942. The van der Waals surface area contributed by atoms with Crippen LogP contribution in [-0.2, 0) is 4.84 Å². The van der Waals surface area contributed by atoms with E-state index in [9.17, 15) is 0 Å². The molecule has 0 spiro atoms. The van der Waals surface area contributed by atoms with Crippen LogP contribution in [0.25, 0.3) is 0 Å². The Morgan fingerprint density at radius 3 is 3.38 bits per heavy atom. The number of guanidine groups is 1. The molecule has 1 aliphatic rings. The summed E-state index contributed by atoms with van der Waals surface area (Å²) in [6, 6.07) is 1.88. The predicted octanol–water partition coefficient (Wildman–Crippen LogP) is 1.02. The van der Waals surface area contributed by atoms with Crippen LogP contribution in [0, 0.1) is 0 Å². The lowest BCUT2D eigenvalue weighted by Gasteiger charge is -2.16. The molecule has 0 aliphatic carbocycles. The van der Waals surface area contributed by atoms with Crippen LogP contribution in [0.2, 0.25) is 0 Å². The first-order valence-electron chi connectivity index (χ1n) is 3.65. The maximum atomic E-state index is 4.72. The first-order chi connectivity index (χ1) is 6.40. The molecule has 2 heterocycles. The van der Waals surface area contributed by atoms with Crippen molar-refractivity contribution in [1.29, 1.82) is 0 Å². The Bertz CT molecular complexity index is 341. The highest BCUT2D eigenvalue weighted by molar-refractivity contribution is 7.98. The molecule has 68 valence electrons. The van der Waals surface area contributed by atoms with E-state index in [1.807, 2.05) is 6.07 Å². The molecule has 0 fully saturated rings. The van der Waals surface area contributed by atoms with Crippen molar-refractivity contribution in [1.82, 2.24) is 10.5 Å². The van der Waals surface area contributed by atoms with Crippen molar-refractivity contribution >= 4 is 23.6 Å². The van der Waals surface area contributed by atoms with Gasteiger partial charge in [0.05, 0.1) is 17.7 Å². The summed E-state index contributed by atoms with van der Waals surface area (Å²) in [6.07, 6.45) is 3.49. The summed E-state index contributed by atoms with van der Waals surface area (Å²) in [5.41, 5.74) is 3.60. The van der Waals surface area contributed by atoms with E-state index in [0.717, 1.165) is 10.6 Å². The minimum atomic E-state index is 0.589. The van der Waals surface area contributed by atoms with E-state index in [0.29, 0.717) is 5.96 Å².